The van der Waals surface area contributed by atoms with Crippen LogP contribution < -0.4 is 0 Å². The van der Waals surface area contributed by atoms with Crippen LogP contribution in [0.1, 0.15) is 12.8 Å². The predicted octanol–water partition coefficient (Wildman–Crippen LogP) is 0.688. The number of halogens is 1. The molecule has 7 nitrogen and oxygen atoms in total. The molecular weight excluding hydrogens is 375 g/mol. The minimum absolute atomic E-state index is 0.0971. The molecule has 0 spiro atoms. The molecule has 9 heteroatoms. The number of sulfonamides is 1. The van der Waals surface area contributed by atoms with Crippen molar-refractivity contribution in [2.24, 2.45) is 0 Å². The molecule has 2 saturated heterocycles. The molecule has 1 N–H and O–H groups in total. The number of benzene rings is 1. The number of piperazine rings is 1. The van der Waals surface area contributed by atoms with Gasteiger partial charge < -0.3 is 14.6 Å². The molecule has 0 aliphatic carbocycles. The first-order chi connectivity index (χ1) is 12.9. The average molecular weight is 402 g/mol. The minimum atomic E-state index is -3.62. The van der Waals surface area contributed by atoms with Gasteiger partial charge in [-0.3, -0.25) is 4.90 Å². The van der Waals surface area contributed by atoms with E-state index in [0.717, 1.165) is 31.6 Å². The first-order valence-corrected chi connectivity index (χ1v) is 10.7. The summed E-state index contributed by atoms with van der Waals surface area (Å²) in [6.07, 6.45) is 1.58. The van der Waals surface area contributed by atoms with E-state index in [9.17, 15) is 17.9 Å². The van der Waals surface area contributed by atoms with E-state index in [0.29, 0.717) is 39.3 Å². The Kier molecular flexibility index (Phi) is 7.18. The fourth-order valence-electron chi connectivity index (χ4n) is 3.37. The first-order valence-electron chi connectivity index (χ1n) is 9.30. The van der Waals surface area contributed by atoms with Gasteiger partial charge in [-0.25, -0.2) is 12.8 Å². The number of rotatable bonds is 8. The van der Waals surface area contributed by atoms with Gasteiger partial charge in [-0.05, 0) is 37.1 Å². The number of aliphatic hydroxyl groups is 1. The van der Waals surface area contributed by atoms with E-state index in [2.05, 4.69) is 0 Å². The van der Waals surface area contributed by atoms with Crippen molar-refractivity contribution in [3.8, 4) is 0 Å². The average Bonchev–Trinajstić information content (AvgIpc) is 3.16. The SMILES string of the molecule is O=S(=O)(c1ccc(F)cc1)N1CCN(C[C@@H](O)COC[C@H]2CCCO2)CC1. The van der Waals surface area contributed by atoms with Crippen LogP contribution in [0.5, 0.6) is 0 Å². The molecule has 0 aromatic heterocycles. The molecule has 2 aliphatic heterocycles. The molecule has 2 fully saturated rings. The van der Waals surface area contributed by atoms with Gasteiger partial charge in [0.2, 0.25) is 10.0 Å². The zero-order chi connectivity index (χ0) is 19.3. The lowest BCUT2D eigenvalue weighted by molar-refractivity contribution is -0.0270. The lowest BCUT2D eigenvalue weighted by Gasteiger charge is -2.34. The van der Waals surface area contributed by atoms with Gasteiger partial charge in [0.25, 0.3) is 0 Å². The van der Waals surface area contributed by atoms with Crippen LogP contribution in [-0.4, -0.2) is 87.5 Å². The van der Waals surface area contributed by atoms with Crippen LogP contribution in [0.3, 0.4) is 0 Å². The highest BCUT2D eigenvalue weighted by atomic mass is 32.2. The largest absolute Gasteiger partial charge is 0.389 e. The molecule has 0 unspecified atom stereocenters. The number of ether oxygens (including phenoxy) is 2. The Morgan fingerprint density at radius 2 is 1.93 bits per heavy atom. The van der Waals surface area contributed by atoms with Gasteiger partial charge in [-0.1, -0.05) is 0 Å². The zero-order valence-electron chi connectivity index (χ0n) is 15.3. The standard InChI is InChI=1S/C18H27FN2O5S/c19-15-3-5-18(6-4-15)27(23,24)21-9-7-20(8-10-21)12-16(22)13-25-14-17-2-1-11-26-17/h3-6,16-17,22H,1-2,7-14H2/t16-,17-/m1/s1. The second-order valence-electron chi connectivity index (χ2n) is 6.98. The summed E-state index contributed by atoms with van der Waals surface area (Å²) in [6.45, 7) is 3.70. The summed E-state index contributed by atoms with van der Waals surface area (Å²) in [5, 5.41) is 10.1. The Labute approximate surface area is 159 Å². The van der Waals surface area contributed by atoms with Crippen LogP contribution in [0.25, 0.3) is 0 Å². The number of nitrogens with zero attached hydrogens (tertiary/aromatic N) is 2. The molecule has 0 bridgehead atoms. The van der Waals surface area contributed by atoms with E-state index in [1.54, 1.807) is 0 Å². The summed E-state index contributed by atoms with van der Waals surface area (Å²) < 4.78 is 50.6. The summed E-state index contributed by atoms with van der Waals surface area (Å²) in [4.78, 5) is 2.12. The molecule has 1 aromatic rings. The van der Waals surface area contributed by atoms with Crippen LogP contribution in [0.4, 0.5) is 4.39 Å². The molecule has 2 atom stereocenters. The zero-order valence-corrected chi connectivity index (χ0v) is 16.1. The third kappa shape index (κ3) is 5.69. The molecule has 0 radical (unpaired) electrons. The van der Waals surface area contributed by atoms with Gasteiger partial charge in [0.1, 0.15) is 5.82 Å². The van der Waals surface area contributed by atoms with Crippen molar-refractivity contribution in [3.05, 3.63) is 30.1 Å². The van der Waals surface area contributed by atoms with Crippen LogP contribution >= 0.6 is 0 Å². The fraction of sp³-hybridized carbons (Fsp3) is 0.667. The van der Waals surface area contributed by atoms with Crippen LogP contribution in [0.15, 0.2) is 29.2 Å². The smallest absolute Gasteiger partial charge is 0.243 e. The Morgan fingerprint density at radius 1 is 1.22 bits per heavy atom. The van der Waals surface area contributed by atoms with Gasteiger partial charge in [-0.15, -0.1) is 0 Å². The first kappa shape index (κ1) is 20.6. The summed E-state index contributed by atoms with van der Waals surface area (Å²) >= 11 is 0. The van der Waals surface area contributed by atoms with Crippen LogP contribution in [0.2, 0.25) is 0 Å². The lowest BCUT2D eigenvalue weighted by atomic mass is 10.2. The third-order valence-corrected chi connectivity index (χ3v) is 6.80. The van der Waals surface area contributed by atoms with Crippen molar-refractivity contribution in [2.75, 3.05) is 52.5 Å². The molecular formula is C18H27FN2O5S. The van der Waals surface area contributed by atoms with Crippen molar-refractivity contribution in [1.29, 1.82) is 0 Å². The molecule has 0 saturated carbocycles. The number of β-amino-alcohol motifs (C(OH)–C–C–N with tert-alkyl or cyclic N) is 1. The van der Waals surface area contributed by atoms with Crippen molar-refractivity contribution in [1.82, 2.24) is 9.21 Å². The summed E-state index contributed by atoms with van der Waals surface area (Å²) in [6, 6.07) is 4.87. The maximum absolute atomic E-state index is 13.0. The molecule has 3 rings (SSSR count). The Balaban J connectivity index is 1.40. The van der Waals surface area contributed by atoms with Crippen LogP contribution in [-0.2, 0) is 19.5 Å². The van der Waals surface area contributed by atoms with E-state index >= 15 is 0 Å². The highest BCUT2D eigenvalue weighted by Gasteiger charge is 2.29. The maximum atomic E-state index is 13.0. The number of hydrogen-bond acceptors (Lipinski definition) is 6. The normalized spacial score (nSPS) is 23.6. The predicted molar refractivity (Wildman–Crippen MR) is 97.4 cm³/mol. The summed E-state index contributed by atoms with van der Waals surface area (Å²) in [7, 11) is -3.62. The second-order valence-corrected chi connectivity index (χ2v) is 8.92. The second kappa shape index (κ2) is 9.40. The highest BCUT2D eigenvalue weighted by Crippen LogP contribution is 2.18. The van der Waals surface area contributed by atoms with Gasteiger partial charge in [0.15, 0.2) is 0 Å². The fourth-order valence-corrected chi connectivity index (χ4v) is 4.79. The van der Waals surface area contributed by atoms with Crippen molar-refractivity contribution in [2.45, 2.75) is 29.9 Å². The van der Waals surface area contributed by atoms with Gasteiger partial charge >= 0.3 is 0 Å². The molecule has 152 valence electrons. The van der Waals surface area contributed by atoms with Gasteiger partial charge in [0.05, 0.1) is 30.3 Å². The van der Waals surface area contributed by atoms with Crippen molar-refractivity contribution >= 4 is 10.0 Å². The Hall–Kier alpha value is -1.10. The maximum Gasteiger partial charge on any atom is 0.243 e. The molecule has 27 heavy (non-hydrogen) atoms. The van der Waals surface area contributed by atoms with E-state index in [4.69, 9.17) is 9.47 Å². The van der Waals surface area contributed by atoms with E-state index in [1.165, 1.54) is 16.4 Å². The summed E-state index contributed by atoms with van der Waals surface area (Å²) in [5.74, 6) is -0.463. The Morgan fingerprint density at radius 3 is 2.56 bits per heavy atom. The van der Waals surface area contributed by atoms with E-state index in [1.807, 2.05) is 4.90 Å². The third-order valence-electron chi connectivity index (χ3n) is 4.89. The topological polar surface area (TPSA) is 79.3 Å². The molecule has 0 amide bonds. The lowest BCUT2D eigenvalue weighted by Crippen LogP contribution is -2.50. The number of hydrogen-bond donors (Lipinski definition) is 1. The molecule has 2 aliphatic rings. The van der Waals surface area contributed by atoms with Crippen LogP contribution in [0, 0.1) is 5.82 Å². The number of aliphatic hydroxyl groups excluding tert-OH is 1. The van der Waals surface area contributed by atoms with E-state index in [-0.39, 0.29) is 17.6 Å². The van der Waals surface area contributed by atoms with Crippen molar-refractivity contribution < 1.29 is 27.4 Å². The van der Waals surface area contributed by atoms with Gasteiger partial charge in [0, 0.05) is 39.3 Å². The van der Waals surface area contributed by atoms with E-state index < -0.39 is 21.9 Å². The molecule has 1 aromatic carbocycles. The summed E-state index contributed by atoms with van der Waals surface area (Å²) in [5.41, 5.74) is 0. The Bertz CT molecular complexity index is 686. The quantitative estimate of drug-likeness (QED) is 0.689. The monoisotopic (exact) mass is 402 g/mol. The molecule has 2 heterocycles. The van der Waals surface area contributed by atoms with Gasteiger partial charge in [-0.2, -0.15) is 4.31 Å². The highest BCUT2D eigenvalue weighted by molar-refractivity contribution is 7.89. The van der Waals surface area contributed by atoms with Crippen molar-refractivity contribution in [3.63, 3.8) is 0 Å². The minimum Gasteiger partial charge on any atom is -0.389 e.